The third-order valence-electron chi connectivity index (χ3n) is 4.26. The van der Waals surface area contributed by atoms with Gasteiger partial charge in [0.2, 0.25) is 0 Å². The van der Waals surface area contributed by atoms with Gasteiger partial charge < -0.3 is 10.0 Å². The molecule has 0 bridgehead atoms. The minimum Gasteiger partial charge on any atom is -0.392 e. The smallest absolute Gasteiger partial charge is 0.0670 e. The highest BCUT2D eigenvalue weighted by Crippen LogP contribution is 2.22. The van der Waals surface area contributed by atoms with Crippen molar-refractivity contribution in [1.82, 2.24) is 4.90 Å². The summed E-state index contributed by atoms with van der Waals surface area (Å²) in [5, 5.41) is 9.99. The largest absolute Gasteiger partial charge is 0.392 e. The molecule has 0 amide bonds. The topological polar surface area (TPSA) is 26.7 Å². The number of rotatable bonds is 7. The lowest BCUT2D eigenvalue weighted by Gasteiger charge is -2.37. The molecule has 1 fully saturated rings. The minimum atomic E-state index is -0.225. The van der Waals surface area contributed by atoms with Gasteiger partial charge >= 0.3 is 0 Å². The molecule has 0 radical (unpaired) electrons. The van der Waals surface area contributed by atoms with Crippen LogP contribution in [0.1, 0.15) is 25.3 Å². The molecule has 0 saturated carbocycles. The molecule has 1 aromatic carbocycles. The molecule has 1 aromatic rings. The lowest BCUT2D eigenvalue weighted by atomic mass is 10.1. The predicted molar refractivity (Wildman–Crippen MR) is 89.9 cm³/mol. The van der Waals surface area contributed by atoms with Gasteiger partial charge in [0.05, 0.1) is 6.10 Å². The van der Waals surface area contributed by atoms with E-state index >= 15 is 0 Å². The molecule has 0 aliphatic carbocycles. The third-order valence-corrected chi connectivity index (χ3v) is 4.26. The molecular weight excluding hydrogens is 260 g/mol. The Morgan fingerprint density at radius 2 is 1.95 bits per heavy atom. The molecule has 1 N–H and O–H groups in total. The van der Waals surface area contributed by atoms with Gasteiger partial charge in [-0.1, -0.05) is 31.2 Å². The van der Waals surface area contributed by atoms with Crippen LogP contribution >= 0.6 is 0 Å². The van der Waals surface area contributed by atoms with Crippen molar-refractivity contribution in [3.63, 3.8) is 0 Å². The number of benzene rings is 1. The Bertz CT molecular complexity index is 439. The van der Waals surface area contributed by atoms with Crippen molar-refractivity contribution in [3.8, 4) is 0 Å². The number of hydrogen-bond donors (Lipinski definition) is 1. The van der Waals surface area contributed by atoms with E-state index in [0.29, 0.717) is 0 Å². The number of hydrogen-bond acceptors (Lipinski definition) is 3. The Morgan fingerprint density at radius 3 is 2.62 bits per heavy atom. The van der Waals surface area contributed by atoms with Crippen molar-refractivity contribution in [2.75, 3.05) is 37.6 Å². The number of aryl methyl sites for hydroxylation is 1. The molecule has 3 nitrogen and oxygen atoms in total. The maximum absolute atomic E-state index is 9.99. The second kappa shape index (κ2) is 8.20. The molecule has 1 aliphatic rings. The van der Waals surface area contributed by atoms with E-state index in [1.54, 1.807) is 0 Å². The van der Waals surface area contributed by atoms with E-state index in [4.69, 9.17) is 0 Å². The lowest BCUT2D eigenvalue weighted by Crippen LogP contribution is -2.48. The molecule has 21 heavy (non-hydrogen) atoms. The van der Waals surface area contributed by atoms with Gasteiger partial charge in [0, 0.05) is 38.4 Å². The van der Waals surface area contributed by atoms with Crippen LogP contribution in [0.2, 0.25) is 0 Å². The van der Waals surface area contributed by atoms with Gasteiger partial charge in [0.25, 0.3) is 0 Å². The SMILES string of the molecule is C=CCCC(O)CN1CCN(c2ccccc2CC)CC1. The average molecular weight is 288 g/mol. The number of nitrogens with zero attached hydrogens (tertiary/aromatic N) is 2. The number of β-amino-alcohol motifs (C(OH)–C–C–N with tert-alkyl or cyclic N) is 1. The standard InChI is InChI=1S/C18H28N2O/c1-3-5-9-17(21)15-19-11-13-20(14-12-19)18-10-7-6-8-16(18)4-2/h3,6-8,10,17,21H,1,4-5,9,11-15H2,2H3. The molecule has 0 spiro atoms. The Labute approximate surface area is 128 Å². The summed E-state index contributed by atoms with van der Waals surface area (Å²) in [7, 11) is 0. The molecule has 1 atom stereocenters. The van der Waals surface area contributed by atoms with Crippen molar-refractivity contribution < 1.29 is 5.11 Å². The first-order chi connectivity index (χ1) is 10.2. The van der Waals surface area contributed by atoms with Crippen molar-refractivity contribution in [2.24, 2.45) is 0 Å². The highest BCUT2D eigenvalue weighted by atomic mass is 16.3. The number of para-hydroxylation sites is 1. The zero-order valence-corrected chi connectivity index (χ0v) is 13.2. The van der Waals surface area contributed by atoms with Crippen LogP contribution in [0.15, 0.2) is 36.9 Å². The van der Waals surface area contributed by atoms with Gasteiger partial charge in [0.15, 0.2) is 0 Å². The average Bonchev–Trinajstić information content (AvgIpc) is 2.53. The molecule has 1 saturated heterocycles. The van der Waals surface area contributed by atoms with Crippen LogP contribution in [-0.2, 0) is 6.42 Å². The second-order valence-corrected chi connectivity index (χ2v) is 5.79. The number of aliphatic hydroxyl groups excluding tert-OH is 1. The normalized spacial score (nSPS) is 17.7. The predicted octanol–water partition coefficient (Wildman–Crippen LogP) is 2.70. The summed E-state index contributed by atoms with van der Waals surface area (Å²) in [5.41, 5.74) is 2.81. The van der Waals surface area contributed by atoms with Gasteiger partial charge in [0.1, 0.15) is 0 Å². The van der Waals surface area contributed by atoms with Crippen LogP contribution < -0.4 is 4.90 Å². The first-order valence-electron chi connectivity index (χ1n) is 8.08. The summed E-state index contributed by atoms with van der Waals surface area (Å²) in [5.74, 6) is 0. The van der Waals surface area contributed by atoms with Gasteiger partial charge in [-0.15, -0.1) is 6.58 Å². The molecule has 1 unspecified atom stereocenters. The van der Waals surface area contributed by atoms with Crippen LogP contribution in [0.25, 0.3) is 0 Å². The fourth-order valence-corrected chi connectivity index (χ4v) is 2.99. The minimum absolute atomic E-state index is 0.225. The Balaban J connectivity index is 1.84. The van der Waals surface area contributed by atoms with Crippen LogP contribution in [0.5, 0.6) is 0 Å². The van der Waals surface area contributed by atoms with Crippen molar-refractivity contribution in [2.45, 2.75) is 32.3 Å². The molecule has 0 aromatic heterocycles. The number of anilines is 1. The summed E-state index contributed by atoms with van der Waals surface area (Å²) in [6, 6.07) is 8.70. The van der Waals surface area contributed by atoms with Crippen molar-refractivity contribution >= 4 is 5.69 Å². The second-order valence-electron chi connectivity index (χ2n) is 5.79. The van der Waals surface area contributed by atoms with E-state index < -0.39 is 0 Å². The van der Waals surface area contributed by atoms with Crippen LogP contribution in [0, 0.1) is 0 Å². The summed E-state index contributed by atoms with van der Waals surface area (Å²) < 4.78 is 0. The quantitative estimate of drug-likeness (QED) is 0.782. The molecule has 2 rings (SSSR count). The molecular formula is C18H28N2O. The van der Waals surface area contributed by atoms with Crippen molar-refractivity contribution in [1.29, 1.82) is 0 Å². The van der Waals surface area contributed by atoms with Gasteiger partial charge in [-0.2, -0.15) is 0 Å². The number of aliphatic hydroxyl groups is 1. The van der Waals surface area contributed by atoms with Crippen LogP contribution in [0.3, 0.4) is 0 Å². The van der Waals surface area contributed by atoms with Gasteiger partial charge in [-0.3, -0.25) is 4.90 Å². The van der Waals surface area contributed by atoms with E-state index in [9.17, 15) is 5.11 Å². The molecule has 116 valence electrons. The monoisotopic (exact) mass is 288 g/mol. The third kappa shape index (κ3) is 4.58. The maximum Gasteiger partial charge on any atom is 0.0670 e. The Hall–Kier alpha value is -1.32. The summed E-state index contributed by atoms with van der Waals surface area (Å²) in [6.45, 7) is 10.9. The van der Waals surface area contributed by atoms with E-state index in [0.717, 1.165) is 52.0 Å². The molecule has 1 aliphatic heterocycles. The van der Waals surface area contributed by atoms with E-state index in [2.05, 4.69) is 47.6 Å². The van der Waals surface area contributed by atoms with E-state index in [-0.39, 0.29) is 6.10 Å². The van der Waals surface area contributed by atoms with Crippen LogP contribution in [-0.4, -0.2) is 48.8 Å². The highest BCUT2D eigenvalue weighted by molar-refractivity contribution is 5.54. The fourth-order valence-electron chi connectivity index (χ4n) is 2.99. The van der Waals surface area contributed by atoms with Gasteiger partial charge in [-0.05, 0) is 30.9 Å². The fraction of sp³-hybridized carbons (Fsp3) is 0.556. The number of allylic oxidation sites excluding steroid dienone is 1. The Kier molecular flexibility index (Phi) is 6.27. The molecule has 3 heteroatoms. The first kappa shape index (κ1) is 16.1. The zero-order chi connectivity index (χ0) is 15.1. The summed E-state index contributed by atoms with van der Waals surface area (Å²) >= 11 is 0. The zero-order valence-electron chi connectivity index (χ0n) is 13.2. The van der Waals surface area contributed by atoms with E-state index in [1.807, 2.05) is 6.08 Å². The lowest BCUT2D eigenvalue weighted by molar-refractivity contribution is 0.103. The van der Waals surface area contributed by atoms with Crippen LogP contribution in [0.4, 0.5) is 5.69 Å². The van der Waals surface area contributed by atoms with E-state index in [1.165, 1.54) is 11.3 Å². The Morgan fingerprint density at radius 1 is 1.24 bits per heavy atom. The maximum atomic E-state index is 9.99. The first-order valence-corrected chi connectivity index (χ1v) is 8.08. The molecule has 1 heterocycles. The summed E-state index contributed by atoms with van der Waals surface area (Å²) in [4.78, 5) is 4.85. The van der Waals surface area contributed by atoms with Gasteiger partial charge in [-0.25, -0.2) is 0 Å². The highest BCUT2D eigenvalue weighted by Gasteiger charge is 2.20. The summed E-state index contributed by atoms with van der Waals surface area (Å²) in [6.07, 6.45) is 4.45. The van der Waals surface area contributed by atoms with Crippen molar-refractivity contribution in [3.05, 3.63) is 42.5 Å². The number of piperazine rings is 1.